The minimum atomic E-state index is -3.61. The van der Waals surface area contributed by atoms with Crippen LogP contribution in [-0.2, 0) is 23.5 Å². The highest BCUT2D eigenvalue weighted by atomic mass is 32.2. The third-order valence-electron chi connectivity index (χ3n) is 7.20. The molecular formula is C24H28FN7O3S2. The van der Waals surface area contributed by atoms with E-state index in [2.05, 4.69) is 26.8 Å². The van der Waals surface area contributed by atoms with Crippen molar-refractivity contribution < 1.29 is 12.8 Å². The van der Waals surface area contributed by atoms with Crippen LogP contribution in [0, 0.1) is 11.4 Å². The van der Waals surface area contributed by atoms with E-state index in [9.17, 15) is 17.6 Å². The SMILES string of the molecule is Cn1c(N2CCC3(CC2)Cc2ccccc2[C@H]3N)nc(N)c(Sc2ccc(NS(C)(=O)=O)nc2F)c1=O. The molecule has 0 unspecified atom stereocenters. The van der Waals surface area contributed by atoms with Gasteiger partial charge in [-0.25, -0.2) is 13.4 Å². The van der Waals surface area contributed by atoms with E-state index in [-0.39, 0.29) is 32.9 Å². The first-order valence-electron chi connectivity index (χ1n) is 11.7. The van der Waals surface area contributed by atoms with Gasteiger partial charge in [0.2, 0.25) is 21.9 Å². The zero-order valence-corrected chi connectivity index (χ0v) is 22.1. The summed E-state index contributed by atoms with van der Waals surface area (Å²) in [6, 6.07) is 11.0. The smallest absolute Gasteiger partial charge is 0.270 e. The lowest BCUT2D eigenvalue weighted by Gasteiger charge is -2.42. The van der Waals surface area contributed by atoms with Crippen LogP contribution in [-0.4, -0.2) is 42.3 Å². The second kappa shape index (κ2) is 9.30. The first kappa shape index (κ1) is 25.5. The molecule has 1 saturated heterocycles. The number of hydrogen-bond acceptors (Lipinski definition) is 9. The van der Waals surface area contributed by atoms with Crippen molar-refractivity contribution >= 4 is 39.4 Å². The van der Waals surface area contributed by atoms with Crippen LogP contribution in [0.1, 0.15) is 30.0 Å². The average Bonchev–Trinajstić information content (AvgIpc) is 3.11. The summed E-state index contributed by atoms with van der Waals surface area (Å²) in [5.41, 5.74) is 15.0. The van der Waals surface area contributed by atoms with Gasteiger partial charge in [-0.05, 0) is 47.9 Å². The number of halogens is 1. The lowest BCUT2D eigenvalue weighted by Crippen LogP contribution is -2.46. The van der Waals surface area contributed by atoms with Crippen LogP contribution in [0.25, 0.3) is 0 Å². The van der Waals surface area contributed by atoms with Crippen LogP contribution in [0.4, 0.5) is 22.0 Å². The maximum absolute atomic E-state index is 14.6. The average molecular weight is 546 g/mol. The fraction of sp³-hybridized carbons (Fsp3) is 0.375. The molecule has 37 heavy (non-hydrogen) atoms. The molecule has 1 fully saturated rings. The van der Waals surface area contributed by atoms with E-state index in [0.29, 0.717) is 19.0 Å². The third-order valence-corrected chi connectivity index (χ3v) is 8.90. The standard InChI is InChI=1S/C24H28FN7O3S2/c1-31-22(33)18(36-16-7-8-17(28-20(16)25)30-37(2,34)35)21(27)29-23(31)32-11-9-24(10-12-32)13-14-5-3-4-6-15(14)19(24)26/h3-8,19H,9-13,26-27H2,1-2H3,(H,28,30)/t19-/m1/s1. The van der Waals surface area contributed by atoms with Crippen LogP contribution >= 0.6 is 11.8 Å². The van der Waals surface area contributed by atoms with Gasteiger partial charge in [0, 0.05) is 26.2 Å². The quantitative estimate of drug-likeness (QED) is 0.410. The number of aromatic nitrogens is 3. The van der Waals surface area contributed by atoms with Gasteiger partial charge >= 0.3 is 0 Å². The number of sulfonamides is 1. The van der Waals surface area contributed by atoms with Crippen molar-refractivity contribution in [3.8, 4) is 0 Å². The summed E-state index contributed by atoms with van der Waals surface area (Å²) in [5, 5.41) is 0. The van der Waals surface area contributed by atoms with E-state index >= 15 is 0 Å². The number of hydrogen-bond donors (Lipinski definition) is 3. The first-order valence-corrected chi connectivity index (χ1v) is 14.5. The van der Waals surface area contributed by atoms with E-state index in [1.54, 1.807) is 7.05 Å². The number of benzene rings is 1. The van der Waals surface area contributed by atoms with Gasteiger partial charge in [0.15, 0.2) is 0 Å². The molecule has 0 bridgehead atoms. The number of pyridine rings is 1. The lowest BCUT2D eigenvalue weighted by molar-refractivity contribution is 0.186. The summed E-state index contributed by atoms with van der Waals surface area (Å²) in [6.45, 7) is 1.36. The van der Waals surface area contributed by atoms with Crippen LogP contribution in [0.2, 0.25) is 0 Å². The summed E-state index contributed by atoms with van der Waals surface area (Å²) >= 11 is 0.802. The Labute approximate surface area is 218 Å². The molecule has 2 aliphatic rings. The van der Waals surface area contributed by atoms with Gasteiger partial charge in [0.25, 0.3) is 5.56 Å². The summed E-state index contributed by atoms with van der Waals surface area (Å²) in [5.74, 6) is -0.644. The van der Waals surface area contributed by atoms with E-state index in [1.165, 1.54) is 27.8 Å². The second-order valence-corrected chi connectivity index (χ2v) is 12.5. The summed E-state index contributed by atoms with van der Waals surface area (Å²) in [7, 11) is -1.99. The Kier molecular flexibility index (Phi) is 6.40. The zero-order valence-electron chi connectivity index (χ0n) is 20.4. The molecule has 13 heteroatoms. The predicted octanol–water partition coefficient (Wildman–Crippen LogP) is 2.26. The van der Waals surface area contributed by atoms with Crippen LogP contribution in [0.3, 0.4) is 0 Å². The van der Waals surface area contributed by atoms with Crippen molar-refractivity contribution in [3.05, 3.63) is 63.8 Å². The summed E-state index contributed by atoms with van der Waals surface area (Å²) in [6.07, 6.45) is 3.61. The van der Waals surface area contributed by atoms with Crippen molar-refractivity contribution in [2.75, 3.05) is 34.7 Å². The second-order valence-electron chi connectivity index (χ2n) is 9.65. The van der Waals surface area contributed by atoms with Crippen molar-refractivity contribution in [1.29, 1.82) is 0 Å². The molecule has 1 aromatic carbocycles. The van der Waals surface area contributed by atoms with Crippen LogP contribution in [0.15, 0.2) is 51.0 Å². The molecule has 196 valence electrons. The van der Waals surface area contributed by atoms with E-state index in [0.717, 1.165) is 37.3 Å². The van der Waals surface area contributed by atoms with Gasteiger partial charge in [-0.3, -0.25) is 14.1 Å². The van der Waals surface area contributed by atoms with Crippen molar-refractivity contribution in [3.63, 3.8) is 0 Å². The number of nitrogens with zero attached hydrogens (tertiary/aromatic N) is 4. The molecular weight excluding hydrogens is 517 g/mol. The number of nitrogens with two attached hydrogens (primary N) is 2. The van der Waals surface area contributed by atoms with Crippen molar-refractivity contribution in [2.24, 2.45) is 18.2 Å². The molecule has 0 radical (unpaired) electrons. The molecule has 5 rings (SSSR count). The van der Waals surface area contributed by atoms with Gasteiger partial charge in [-0.1, -0.05) is 36.0 Å². The Bertz CT molecular complexity index is 1540. The molecule has 10 nitrogen and oxygen atoms in total. The largest absolute Gasteiger partial charge is 0.382 e. The predicted molar refractivity (Wildman–Crippen MR) is 142 cm³/mol. The molecule has 1 aliphatic heterocycles. The Hall–Kier alpha value is -3.16. The molecule has 1 atom stereocenters. The number of piperidine rings is 1. The Balaban J connectivity index is 1.34. The molecule has 0 saturated carbocycles. The number of anilines is 3. The fourth-order valence-corrected chi connectivity index (χ4v) is 6.63. The summed E-state index contributed by atoms with van der Waals surface area (Å²) < 4.78 is 40.8. The van der Waals surface area contributed by atoms with Crippen molar-refractivity contribution in [2.45, 2.75) is 35.1 Å². The van der Waals surface area contributed by atoms with Crippen LogP contribution < -0.4 is 26.6 Å². The van der Waals surface area contributed by atoms with Gasteiger partial charge in [-0.15, -0.1) is 0 Å². The van der Waals surface area contributed by atoms with E-state index < -0.39 is 21.5 Å². The third kappa shape index (κ3) is 4.78. The number of fused-ring (bicyclic) bond motifs is 1. The molecule has 5 N–H and O–H groups in total. The highest BCUT2D eigenvalue weighted by Gasteiger charge is 2.46. The fourth-order valence-electron chi connectivity index (χ4n) is 5.28. The topological polar surface area (TPSA) is 149 Å². The Morgan fingerprint density at radius 3 is 2.51 bits per heavy atom. The van der Waals surface area contributed by atoms with Crippen LogP contribution in [0.5, 0.6) is 0 Å². The first-order chi connectivity index (χ1) is 17.5. The van der Waals surface area contributed by atoms with Gasteiger partial charge in [0.1, 0.15) is 16.5 Å². The number of rotatable bonds is 5. The normalized spacial score (nSPS) is 18.7. The van der Waals surface area contributed by atoms with E-state index in [1.807, 2.05) is 17.0 Å². The highest BCUT2D eigenvalue weighted by Crippen LogP contribution is 2.50. The molecule has 3 heterocycles. The lowest BCUT2D eigenvalue weighted by atomic mass is 9.73. The monoisotopic (exact) mass is 545 g/mol. The molecule has 3 aromatic rings. The maximum atomic E-state index is 14.6. The Morgan fingerprint density at radius 1 is 1.16 bits per heavy atom. The van der Waals surface area contributed by atoms with Crippen molar-refractivity contribution in [1.82, 2.24) is 14.5 Å². The molecule has 1 aliphatic carbocycles. The van der Waals surface area contributed by atoms with Gasteiger partial charge in [-0.2, -0.15) is 9.37 Å². The Morgan fingerprint density at radius 2 is 1.86 bits per heavy atom. The van der Waals surface area contributed by atoms with Gasteiger partial charge in [0.05, 0.1) is 11.2 Å². The minimum Gasteiger partial charge on any atom is -0.382 e. The molecule has 2 aromatic heterocycles. The zero-order chi connectivity index (χ0) is 26.5. The number of nitrogen functional groups attached to an aromatic ring is 1. The minimum absolute atomic E-state index is 0.00824. The highest BCUT2D eigenvalue weighted by molar-refractivity contribution is 7.99. The molecule has 0 amide bonds. The van der Waals surface area contributed by atoms with E-state index in [4.69, 9.17) is 11.5 Å². The molecule has 1 spiro atoms. The van der Waals surface area contributed by atoms with Gasteiger partial charge < -0.3 is 16.4 Å². The maximum Gasteiger partial charge on any atom is 0.270 e. The summed E-state index contributed by atoms with van der Waals surface area (Å²) in [4.78, 5) is 23.5. The number of nitrogens with one attached hydrogen (secondary N) is 1.